The van der Waals surface area contributed by atoms with Gasteiger partial charge in [0.25, 0.3) is 11.8 Å². The van der Waals surface area contributed by atoms with Crippen LogP contribution in [0.2, 0.25) is 0 Å². The molecule has 2 amide bonds. The molecule has 3 heterocycles. The molecular formula is C22H29N5O2. The standard InChI is InChI=1S/C22H29N5O2/c1-3-11-26(12-4-2)21(28)18-8-10-23-19(17-18)22(29)27-15-13-25(14-16-27)20-7-5-6-9-24-20/h5-10,17H,3-4,11-16H2,1-2H3. The molecule has 3 rings (SSSR count). The van der Waals surface area contributed by atoms with Crippen LogP contribution in [0.5, 0.6) is 0 Å². The van der Waals surface area contributed by atoms with Gasteiger partial charge in [0.05, 0.1) is 0 Å². The Hall–Kier alpha value is -2.96. The van der Waals surface area contributed by atoms with Crippen molar-refractivity contribution < 1.29 is 9.59 Å². The number of nitrogens with zero attached hydrogens (tertiary/aromatic N) is 5. The van der Waals surface area contributed by atoms with E-state index in [9.17, 15) is 9.59 Å². The third-order valence-electron chi connectivity index (χ3n) is 5.04. The van der Waals surface area contributed by atoms with Crippen LogP contribution in [0.4, 0.5) is 5.82 Å². The van der Waals surface area contributed by atoms with Crippen LogP contribution in [0, 0.1) is 0 Å². The summed E-state index contributed by atoms with van der Waals surface area (Å²) in [6.07, 6.45) is 5.15. The van der Waals surface area contributed by atoms with Crippen molar-refractivity contribution in [3.63, 3.8) is 0 Å². The first kappa shape index (κ1) is 20.8. The largest absolute Gasteiger partial charge is 0.353 e. The molecule has 0 saturated carbocycles. The normalized spacial score (nSPS) is 14.0. The van der Waals surface area contributed by atoms with Crippen molar-refractivity contribution in [2.24, 2.45) is 0 Å². The summed E-state index contributed by atoms with van der Waals surface area (Å²) >= 11 is 0. The van der Waals surface area contributed by atoms with Crippen molar-refractivity contribution in [2.75, 3.05) is 44.2 Å². The Bertz CT molecular complexity index is 813. The first-order valence-electron chi connectivity index (χ1n) is 10.3. The molecular weight excluding hydrogens is 366 g/mol. The number of rotatable bonds is 7. The van der Waals surface area contributed by atoms with Gasteiger partial charge < -0.3 is 14.7 Å². The maximum absolute atomic E-state index is 12.9. The number of piperazine rings is 1. The fourth-order valence-corrected chi connectivity index (χ4v) is 3.56. The Balaban J connectivity index is 1.66. The van der Waals surface area contributed by atoms with Crippen LogP contribution in [0.15, 0.2) is 42.7 Å². The summed E-state index contributed by atoms with van der Waals surface area (Å²) < 4.78 is 0. The van der Waals surface area contributed by atoms with E-state index in [4.69, 9.17) is 0 Å². The minimum Gasteiger partial charge on any atom is -0.353 e. The first-order chi connectivity index (χ1) is 14.1. The number of hydrogen-bond acceptors (Lipinski definition) is 5. The maximum Gasteiger partial charge on any atom is 0.272 e. The van der Waals surface area contributed by atoms with E-state index in [1.54, 1.807) is 29.4 Å². The molecule has 0 unspecified atom stereocenters. The Labute approximate surface area is 172 Å². The van der Waals surface area contributed by atoms with Gasteiger partial charge in [-0.05, 0) is 37.1 Å². The number of anilines is 1. The van der Waals surface area contributed by atoms with Crippen LogP contribution in [0.1, 0.15) is 47.5 Å². The van der Waals surface area contributed by atoms with Gasteiger partial charge in [-0.25, -0.2) is 4.98 Å². The molecule has 0 atom stereocenters. The van der Waals surface area contributed by atoms with Crippen molar-refractivity contribution in [2.45, 2.75) is 26.7 Å². The van der Waals surface area contributed by atoms with E-state index < -0.39 is 0 Å². The molecule has 0 aromatic carbocycles. The predicted molar refractivity (Wildman–Crippen MR) is 113 cm³/mol. The molecule has 29 heavy (non-hydrogen) atoms. The van der Waals surface area contributed by atoms with Gasteiger partial charge in [-0.3, -0.25) is 14.6 Å². The summed E-state index contributed by atoms with van der Waals surface area (Å²) in [5.41, 5.74) is 0.854. The van der Waals surface area contributed by atoms with Crippen LogP contribution < -0.4 is 4.90 Å². The van der Waals surface area contributed by atoms with Crippen LogP contribution in [0.3, 0.4) is 0 Å². The van der Waals surface area contributed by atoms with Gasteiger partial charge in [0.1, 0.15) is 11.5 Å². The third-order valence-corrected chi connectivity index (χ3v) is 5.04. The molecule has 0 radical (unpaired) electrons. The highest BCUT2D eigenvalue weighted by atomic mass is 16.2. The van der Waals surface area contributed by atoms with Gasteiger partial charge >= 0.3 is 0 Å². The Morgan fingerprint density at radius 3 is 2.31 bits per heavy atom. The number of pyridine rings is 2. The highest BCUT2D eigenvalue weighted by Crippen LogP contribution is 2.15. The van der Waals surface area contributed by atoms with Gasteiger partial charge in [-0.1, -0.05) is 19.9 Å². The molecule has 1 saturated heterocycles. The highest BCUT2D eigenvalue weighted by molar-refractivity contribution is 5.98. The molecule has 0 spiro atoms. The third kappa shape index (κ3) is 5.10. The lowest BCUT2D eigenvalue weighted by Gasteiger charge is -2.35. The SMILES string of the molecule is CCCN(CCC)C(=O)c1ccnc(C(=O)N2CCN(c3ccccn3)CC2)c1. The van der Waals surface area contributed by atoms with E-state index >= 15 is 0 Å². The number of carbonyl (C=O) groups is 2. The molecule has 1 aliphatic rings. The maximum atomic E-state index is 12.9. The molecule has 1 fully saturated rings. The quantitative estimate of drug-likeness (QED) is 0.721. The lowest BCUT2D eigenvalue weighted by molar-refractivity contribution is 0.0740. The Morgan fingerprint density at radius 1 is 0.966 bits per heavy atom. The predicted octanol–water partition coefficient (Wildman–Crippen LogP) is 2.70. The second kappa shape index (κ2) is 10.0. The van der Waals surface area contributed by atoms with Gasteiger partial charge in [0.15, 0.2) is 0 Å². The van der Waals surface area contributed by atoms with Crippen LogP contribution in [-0.4, -0.2) is 70.9 Å². The lowest BCUT2D eigenvalue weighted by Crippen LogP contribution is -2.49. The van der Waals surface area contributed by atoms with Crippen molar-refractivity contribution in [1.29, 1.82) is 0 Å². The van der Waals surface area contributed by atoms with Crippen molar-refractivity contribution in [3.05, 3.63) is 54.0 Å². The fourth-order valence-electron chi connectivity index (χ4n) is 3.56. The Morgan fingerprint density at radius 2 is 1.69 bits per heavy atom. The molecule has 2 aromatic heterocycles. The topological polar surface area (TPSA) is 69.6 Å². The van der Waals surface area contributed by atoms with E-state index in [0.717, 1.165) is 31.7 Å². The minimum absolute atomic E-state index is 0.0369. The van der Waals surface area contributed by atoms with Crippen LogP contribution in [-0.2, 0) is 0 Å². The zero-order valence-electron chi connectivity index (χ0n) is 17.3. The highest BCUT2D eigenvalue weighted by Gasteiger charge is 2.24. The van der Waals surface area contributed by atoms with Crippen LogP contribution in [0.25, 0.3) is 0 Å². The molecule has 0 aliphatic carbocycles. The average Bonchev–Trinajstić information content (AvgIpc) is 2.79. The van der Waals surface area contributed by atoms with Gasteiger partial charge in [-0.2, -0.15) is 0 Å². The van der Waals surface area contributed by atoms with Crippen LogP contribution >= 0.6 is 0 Å². The second-order valence-corrected chi connectivity index (χ2v) is 7.19. The van der Waals surface area contributed by atoms with E-state index in [-0.39, 0.29) is 11.8 Å². The molecule has 0 bridgehead atoms. The number of amides is 2. The van der Waals surface area contributed by atoms with Crippen molar-refractivity contribution >= 4 is 17.6 Å². The van der Waals surface area contributed by atoms with E-state index in [0.29, 0.717) is 37.4 Å². The first-order valence-corrected chi connectivity index (χ1v) is 10.3. The van der Waals surface area contributed by atoms with Gasteiger partial charge in [0, 0.05) is 57.2 Å². The number of hydrogen-bond donors (Lipinski definition) is 0. The van der Waals surface area contributed by atoms with E-state index in [1.165, 1.54) is 0 Å². The summed E-state index contributed by atoms with van der Waals surface area (Å²) in [5, 5.41) is 0. The monoisotopic (exact) mass is 395 g/mol. The van der Waals surface area contributed by atoms with Crippen molar-refractivity contribution in [3.8, 4) is 0 Å². The zero-order chi connectivity index (χ0) is 20.6. The summed E-state index contributed by atoms with van der Waals surface area (Å²) in [4.78, 5) is 40.2. The molecule has 7 nitrogen and oxygen atoms in total. The molecule has 2 aromatic rings. The summed E-state index contributed by atoms with van der Waals surface area (Å²) in [7, 11) is 0. The number of carbonyl (C=O) groups excluding carboxylic acids is 2. The zero-order valence-corrected chi connectivity index (χ0v) is 17.3. The lowest BCUT2D eigenvalue weighted by atomic mass is 10.1. The fraction of sp³-hybridized carbons (Fsp3) is 0.455. The average molecular weight is 396 g/mol. The number of aromatic nitrogens is 2. The van der Waals surface area contributed by atoms with Gasteiger partial charge in [0.2, 0.25) is 0 Å². The smallest absolute Gasteiger partial charge is 0.272 e. The van der Waals surface area contributed by atoms with Gasteiger partial charge in [-0.15, -0.1) is 0 Å². The molecule has 0 N–H and O–H groups in total. The molecule has 1 aliphatic heterocycles. The molecule has 7 heteroatoms. The Kier molecular flexibility index (Phi) is 7.16. The summed E-state index contributed by atoms with van der Waals surface area (Å²) in [6.45, 7) is 8.20. The second-order valence-electron chi connectivity index (χ2n) is 7.19. The van der Waals surface area contributed by atoms with Crippen molar-refractivity contribution in [1.82, 2.24) is 19.8 Å². The van der Waals surface area contributed by atoms with E-state index in [1.807, 2.05) is 23.1 Å². The summed E-state index contributed by atoms with van der Waals surface area (Å²) in [5.74, 6) is 0.764. The minimum atomic E-state index is -0.127. The summed E-state index contributed by atoms with van der Waals surface area (Å²) in [6, 6.07) is 9.16. The molecule has 154 valence electrons. The van der Waals surface area contributed by atoms with E-state index in [2.05, 4.69) is 28.7 Å².